The fourth-order valence-electron chi connectivity index (χ4n) is 3.11. The first kappa shape index (κ1) is 18.6. The molecule has 140 valence electrons. The fourth-order valence-corrected chi connectivity index (χ4v) is 4.51. The molecule has 0 saturated carbocycles. The van der Waals surface area contributed by atoms with Crippen LogP contribution in [0.1, 0.15) is 21.3 Å². The number of anilines is 2. The highest BCUT2D eigenvalue weighted by Gasteiger charge is 2.33. The van der Waals surface area contributed by atoms with Crippen LogP contribution in [-0.2, 0) is 4.79 Å². The second kappa shape index (κ2) is 8.09. The summed E-state index contributed by atoms with van der Waals surface area (Å²) in [6.45, 7) is 0. The number of hydrogen-bond acceptors (Lipinski definition) is 3. The first-order valence-corrected chi connectivity index (χ1v) is 10.2. The molecule has 0 aliphatic carbocycles. The highest BCUT2D eigenvalue weighted by atomic mass is 35.5. The zero-order valence-electron chi connectivity index (χ0n) is 14.8. The Balaban J connectivity index is 1.52. The topological polar surface area (TPSA) is 49.4 Å². The quantitative estimate of drug-likeness (QED) is 0.631. The lowest BCUT2D eigenvalue weighted by molar-refractivity contribution is -0.115. The molecule has 28 heavy (non-hydrogen) atoms. The molecule has 1 fully saturated rings. The molecule has 6 heteroatoms. The number of rotatable bonds is 4. The van der Waals surface area contributed by atoms with Gasteiger partial charge < -0.3 is 5.32 Å². The zero-order valence-corrected chi connectivity index (χ0v) is 16.4. The molecule has 3 aromatic rings. The van der Waals surface area contributed by atoms with E-state index in [2.05, 4.69) is 5.32 Å². The fraction of sp³-hybridized carbons (Fsp3) is 0.0909. The van der Waals surface area contributed by atoms with E-state index in [1.807, 2.05) is 59.5 Å². The van der Waals surface area contributed by atoms with Crippen molar-refractivity contribution in [3.05, 3.63) is 95.0 Å². The Morgan fingerprint density at radius 2 is 1.64 bits per heavy atom. The van der Waals surface area contributed by atoms with Crippen molar-refractivity contribution in [3.8, 4) is 0 Å². The molecular weight excluding hydrogens is 392 g/mol. The molecule has 1 heterocycles. The minimum absolute atomic E-state index is 0.0804. The first-order chi connectivity index (χ1) is 13.6. The molecule has 0 radical (unpaired) electrons. The van der Waals surface area contributed by atoms with Gasteiger partial charge in [0, 0.05) is 11.4 Å². The molecule has 0 bridgehead atoms. The van der Waals surface area contributed by atoms with Gasteiger partial charge in [0.15, 0.2) is 0 Å². The van der Waals surface area contributed by atoms with Crippen molar-refractivity contribution in [2.24, 2.45) is 0 Å². The van der Waals surface area contributed by atoms with Gasteiger partial charge in [-0.3, -0.25) is 14.5 Å². The maximum atomic E-state index is 12.4. The van der Waals surface area contributed by atoms with Crippen LogP contribution in [0, 0.1) is 0 Å². The summed E-state index contributed by atoms with van der Waals surface area (Å²) in [5.41, 5.74) is 3.00. The van der Waals surface area contributed by atoms with Crippen LogP contribution in [0.25, 0.3) is 0 Å². The molecule has 1 unspecified atom stereocenters. The standard InChI is InChI=1S/C22H17ClN2O2S/c23-19-9-5-4-8-18(19)21(27)24-16-12-10-15(11-13-16)22-25(20(26)14-28-22)17-6-2-1-3-7-17/h1-13,22H,14H2,(H,24,27). The van der Waals surface area contributed by atoms with E-state index in [0.717, 1.165) is 11.3 Å². The van der Waals surface area contributed by atoms with Gasteiger partial charge in [0.1, 0.15) is 5.37 Å². The smallest absolute Gasteiger partial charge is 0.257 e. The lowest BCUT2D eigenvalue weighted by atomic mass is 10.1. The largest absolute Gasteiger partial charge is 0.322 e. The van der Waals surface area contributed by atoms with E-state index in [-0.39, 0.29) is 17.2 Å². The van der Waals surface area contributed by atoms with Crippen molar-refractivity contribution in [1.82, 2.24) is 0 Å². The minimum atomic E-state index is -0.255. The van der Waals surface area contributed by atoms with Crippen LogP contribution in [0.3, 0.4) is 0 Å². The lowest BCUT2D eigenvalue weighted by Crippen LogP contribution is -2.27. The summed E-state index contributed by atoms with van der Waals surface area (Å²) in [7, 11) is 0. The molecule has 2 amide bonds. The van der Waals surface area contributed by atoms with Crippen LogP contribution >= 0.6 is 23.4 Å². The van der Waals surface area contributed by atoms with Crippen molar-refractivity contribution >= 4 is 46.6 Å². The minimum Gasteiger partial charge on any atom is -0.322 e. The van der Waals surface area contributed by atoms with Crippen molar-refractivity contribution in [1.29, 1.82) is 0 Å². The Bertz CT molecular complexity index is 1010. The molecule has 0 spiro atoms. The van der Waals surface area contributed by atoms with Gasteiger partial charge in [-0.05, 0) is 42.0 Å². The molecular formula is C22H17ClN2O2S. The number of carbonyl (C=O) groups excluding carboxylic acids is 2. The molecule has 0 aromatic heterocycles. The summed E-state index contributed by atoms with van der Waals surface area (Å²) in [6, 6.07) is 24.2. The summed E-state index contributed by atoms with van der Waals surface area (Å²) in [6.07, 6.45) is 0. The third-order valence-electron chi connectivity index (χ3n) is 4.47. The van der Waals surface area contributed by atoms with Crippen LogP contribution in [0.15, 0.2) is 78.9 Å². The maximum Gasteiger partial charge on any atom is 0.257 e. The van der Waals surface area contributed by atoms with E-state index >= 15 is 0 Å². The van der Waals surface area contributed by atoms with E-state index in [4.69, 9.17) is 11.6 Å². The predicted octanol–water partition coefficient (Wildman–Crippen LogP) is 5.37. The molecule has 4 rings (SSSR count). The Kier molecular flexibility index (Phi) is 5.37. The molecule has 1 N–H and O–H groups in total. The summed E-state index contributed by atoms with van der Waals surface area (Å²) in [5, 5.41) is 3.19. The van der Waals surface area contributed by atoms with Gasteiger partial charge in [0.25, 0.3) is 5.91 Å². The molecule has 1 aliphatic rings. The summed E-state index contributed by atoms with van der Waals surface area (Å²) in [4.78, 5) is 26.6. The molecule has 4 nitrogen and oxygen atoms in total. The second-order valence-corrected chi connectivity index (χ2v) is 7.79. The van der Waals surface area contributed by atoms with Crippen LogP contribution in [0.4, 0.5) is 11.4 Å². The Hall–Kier alpha value is -2.76. The van der Waals surface area contributed by atoms with Gasteiger partial charge in [-0.1, -0.05) is 54.1 Å². The number of nitrogens with zero attached hydrogens (tertiary/aromatic N) is 1. The molecule has 1 saturated heterocycles. The van der Waals surface area contributed by atoms with Gasteiger partial charge in [0.2, 0.25) is 5.91 Å². The predicted molar refractivity (Wildman–Crippen MR) is 115 cm³/mol. The normalized spacial score (nSPS) is 16.2. The average molecular weight is 409 g/mol. The SMILES string of the molecule is O=C(Nc1ccc(C2SCC(=O)N2c2ccccc2)cc1)c1ccccc1Cl. The van der Waals surface area contributed by atoms with E-state index < -0.39 is 0 Å². The number of amides is 2. The third-order valence-corrected chi connectivity index (χ3v) is 6.02. The van der Waals surface area contributed by atoms with Gasteiger partial charge >= 0.3 is 0 Å². The average Bonchev–Trinajstić information content (AvgIpc) is 3.11. The van der Waals surface area contributed by atoms with E-state index in [1.165, 1.54) is 0 Å². The third kappa shape index (κ3) is 3.77. The van der Waals surface area contributed by atoms with Crippen molar-refractivity contribution in [2.45, 2.75) is 5.37 Å². The second-order valence-electron chi connectivity index (χ2n) is 6.32. The van der Waals surface area contributed by atoms with E-state index in [0.29, 0.717) is 22.0 Å². The number of carbonyl (C=O) groups is 2. The number of halogens is 1. The highest BCUT2D eigenvalue weighted by molar-refractivity contribution is 8.00. The monoisotopic (exact) mass is 408 g/mol. The highest BCUT2D eigenvalue weighted by Crippen LogP contribution is 2.41. The van der Waals surface area contributed by atoms with Gasteiger partial charge in [-0.25, -0.2) is 0 Å². The van der Waals surface area contributed by atoms with E-state index in [1.54, 1.807) is 36.0 Å². The number of thioether (sulfide) groups is 1. The van der Waals surface area contributed by atoms with Crippen molar-refractivity contribution in [2.75, 3.05) is 16.0 Å². The maximum absolute atomic E-state index is 12.4. The van der Waals surface area contributed by atoms with Gasteiger partial charge in [0.05, 0.1) is 16.3 Å². The Morgan fingerprint density at radius 3 is 2.36 bits per heavy atom. The molecule has 3 aromatic carbocycles. The number of hydrogen-bond donors (Lipinski definition) is 1. The number of nitrogens with one attached hydrogen (secondary N) is 1. The van der Waals surface area contributed by atoms with Crippen LogP contribution in [0.2, 0.25) is 5.02 Å². The van der Waals surface area contributed by atoms with Gasteiger partial charge in [-0.15, -0.1) is 11.8 Å². The van der Waals surface area contributed by atoms with Crippen LogP contribution in [-0.4, -0.2) is 17.6 Å². The summed E-state index contributed by atoms with van der Waals surface area (Å²) in [5.74, 6) is 0.289. The Labute approximate surface area is 172 Å². The summed E-state index contributed by atoms with van der Waals surface area (Å²) >= 11 is 7.68. The van der Waals surface area contributed by atoms with Crippen LogP contribution < -0.4 is 10.2 Å². The van der Waals surface area contributed by atoms with Crippen LogP contribution in [0.5, 0.6) is 0 Å². The molecule has 1 aliphatic heterocycles. The van der Waals surface area contributed by atoms with Crippen molar-refractivity contribution < 1.29 is 9.59 Å². The van der Waals surface area contributed by atoms with E-state index in [9.17, 15) is 9.59 Å². The van der Waals surface area contributed by atoms with Crippen molar-refractivity contribution in [3.63, 3.8) is 0 Å². The van der Waals surface area contributed by atoms with Gasteiger partial charge in [-0.2, -0.15) is 0 Å². The number of para-hydroxylation sites is 1. The first-order valence-electron chi connectivity index (χ1n) is 8.78. The number of benzene rings is 3. The Morgan fingerprint density at radius 1 is 0.964 bits per heavy atom. The molecule has 1 atom stereocenters. The summed E-state index contributed by atoms with van der Waals surface area (Å²) < 4.78 is 0. The zero-order chi connectivity index (χ0) is 19.5. The lowest BCUT2D eigenvalue weighted by Gasteiger charge is -2.24.